The molecule has 1 amide bonds. The maximum atomic E-state index is 13.9. The first-order chi connectivity index (χ1) is 12.9. The molecular weight excluding hydrogens is 371 g/mol. The van der Waals surface area contributed by atoms with Gasteiger partial charge in [-0.2, -0.15) is 4.31 Å². The minimum absolute atomic E-state index is 0.00558. The third-order valence-electron chi connectivity index (χ3n) is 5.26. The Morgan fingerprint density at radius 3 is 2.26 bits per heavy atom. The molecule has 2 aliphatic heterocycles. The second-order valence-corrected chi connectivity index (χ2v) is 9.18. The third-order valence-corrected chi connectivity index (χ3v) is 7.13. The molecule has 2 heterocycles. The van der Waals surface area contributed by atoms with Crippen LogP contribution in [-0.2, 0) is 14.8 Å². The lowest BCUT2D eigenvalue weighted by molar-refractivity contribution is -0.131. The Morgan fingerprint density at radius 1 is 1.00 bits per heavy atom. The van der Waals surface area contributed by atoms with Crippen molar-refractivity contribution in [2.75, 3.05) is 70.1 Å². The number of sulfonamides is 1. The molecule has 2 saturated heterocycles. The van der Waals surface area contributed by atoms with Crippen molar-refractivity contribution in [2.45, 2.75) is 6.42 Å². The van der Waals surface area contributed by atoms with Crippen molar-refractivity contribution < 1.29 is 17.6 Å². The zero-order valence-electron chi connectivity index (χ0n) is 15.7. The summed E-state index contributed by atoms with van der Waals surface area (Å²) in [6, 6.07) is 6.60. The van der Waals surface area contributed by atoms with Gasteiger partial charge in [-0.3, -0.25) is 4.79 Å². The third kappa shape index (κ3) is 4.97. The Hall–Kier alpha value is -1.71. The quantitative estimate of drug-likeness (QED) is 0.720. The Labute approximate surface area is 160 Å². The van der Waals surface area contributed by atoms with Crippen molar-refractivity contribution in [2.24, 2.45) is 0 Å². The van der Waals surface area contributed by atoms with Crippen LogP contribution in [0.5, 0.6) is 0 Å². The summed E-state index contributed by atoms with van der Waals surface area (Å²) in [5.41, 5.74) is 0.544. The molecule has 2 fully saturated rings. The molecule has 27 heavy (non-hydrogen) atoms. The van der Waals surface area contributed by atoms with Crippen LogP contribution >= 0.6 is 0 Å². The molecule has 0 aromatic heterocycles. The fraction of sp³-hybridized carbons (Fsp3) is 0.611. The number of amides is 1. The Bertz CT molecular complexity index is 758. The van der Waals surface area contributed by atoms with Crippen LogP contribution in [-0.4, -0.2) is 93.6 Å². The molecule has 9 heteroatoms. The second kappa shape index (κ2) is 8.53. The highest BCUT2D eigenvalue weighted by Crippen LogP contribution is 2.20. The first-order valence-corrected chi connectivity index (χ1v) is 10.9. The van der Waals surface area contributed by atoms with Gasteiger partial charge >= 0.3 is 0 Å². The van der Waals surface area contributed by atoms with Gasteiger partial charge in [0.1, 0.15) is 5.82 Å². The lowest BCUT2D eigenvalue weighted by Crippen LogP contribution is -2.50. The molecule has 0 spiro atoms. The van der Waals surface area contributed by atoms with Gasteiger partial charge in [0.2, 0.25) is 15.9 Å². The summed E-state index contributed by atoms with van der Waals surface area (Å²) < 4.78 is 40.3. The van der Waals surface area contributed by atoms with Crippen molar-refractivity contribution in [3.63, 3.8) is 0 Å². The number of hydrogen-bond acceptors (Lipinski definition) is 5. The second-order valence-electron chi connectivity index (χ2n) is 7.09. The van der Waals surface area contributed by atoms with Crippen LogP contribution in [0.3, 0.4) is 0 Å². The minimum Gasteiger partial charge on any atom is -0.366 e. The van der Waals surface area contributed by atoms with E-state index in [1.807, 2.05) is 11.9 Å². The number of benzene rings is 1. The molecule has 0 unspecified atom stereocenters. The highest BCUT2D eigenvalue weighted by Gasteiger charge is 2.28. The van der Waals surface area contributed by atoms with Gasteiger partial charge in [-0.15, -0.1) is 0 Å². The van der Waals surface area contributed by atoms with E-state index in [1.165, 1.54) is 10.4 Å². The molecule has 0 saturated carbocycles. The van der Waals surface area contributed by atoms with Crippen molar-refractivity contribution in [1.29, 1.82) is 0 Å². The van der Waals surface area contributed by atoms with Gasteiger partial charge in [0.05, 0.1) is 11.4 Å². The smallest absolute Gasteiger partial charge is 0.223 e. The number of carbonyl (C=O) groups excluding carboxylic acids is 1. The van der Waals surface area contributed by atoms with Crippen LogP contribution in [0, 0.1) is 5.82 Å². The molecule has 0 bridgehead atoms. The summed E-state index contributed by atoms with van der Waals surface area (Å²) >= 11 is 0. The minimum atomic E-state index is -3.40. The molecule has 150 valence electrons. The number of anilines is 1. The topological polar surface area (TPSA) is 64.2 Å². The maximum absolute atomic E-state index is 13.9. The van der Waals surface area contributed by atoms with Gasteiger partial charge in [-0.25, -0.2) is 12.8 Å². The van der Waals surface area contributed by atoms with Gasteiger partial charge in [0.25, 0.3) is 0 Å². The number of carbonyl (C=O) groups is 1. The molecule has 0 aliphatic carbocycles. The van der Waals surface area contributed by atoms with E-state index < -0.39 is 10.0 Å². The summed E-state index contributed by atoms with van der Waals surface area (Å²) in [4.78, 5) is 18.1. The van der Waals surface area contributed by atoms with Crippen molar-refractivity contribution in [3.05, 3.63) is 30.1 Å². The number of piperazine rings is 2. The van der Waals surface area contributed by atoms with E-state index in [9.17, 15) is 17.6 Å². The van der Waals surface area contributed by atoms with Crippen LogP contribution in [0.2, 0.25) is 0 Å². The van der Waals surface area contributed by atoms with Crippen LogP contribution < -0.4 is 4.90 Å². The summed E-state index contributed by atoms with van der Waals surface area (Å²) in [7, 11) is -1.43. The Balaban J connectivity index is 1.48. The molecule has 7 nitrogen and oxygen atoms in total. The van der Waals surface area contributed by atoms with E-state index >= 15 is 0 Å². The summed E-state index contributed by atoms with van der Waals surface area (Å²) in [6.07, 6.45) is -0.00558. The van der Waals surface area contributed by atoms with E-state index in [0.29, 0.717) is 58.0 Å². The van der Waals surface area contributed by atoms with Gasteiger partial charge in [-0.1, -0.05) is 12.1 Å². The highest BCUT2D eigenvalue weighted by molar-refractivity contribution is 7.89. The molecule has 0 N–H and O–H groups in total. The fourth-order valence-corrected chi connectivity index (χ4v) is 4.89. The number of hydrogen-bond donors (Lipinski definition) is 0. The standard InChI is InChI=1S/C18H27FN4O3S/c1-20-7-13-23(14-8-20)27(25,26)15-6-18(24)22-11-9-21(10-12-22)17-5-3-2-4-16(17)19/h2-5H,6-15H2,1H3. The summed E-state index contributed by atoms with van der Waals surface area (Å²) in [5.74, 6) is -0.570. The first kappa shape index (κ1) is 20.0. The molecular formula is C18H27FN4O3S. The fourth-order valence-electron chi connectivity index (χ4n) is 3.47. The Morgan fingerprint density at radius 2 is 1.63 bits per heavy atom. The molecule has 1 aromatic carbocycles. The number of likely N-dealkylation sites (N-methyl/N-ethyl adjacent to an activating group) is 1. The van der Waals surface area contributed by atoms with E-state index in [-0.39, 0.29) is 23.9 Å². The monoisotopic (exact) mass is 398 g/mol. The first-order valence-electron chi connectivity index (χ1n) is 9.30. The number of rotatable bonds is 5. The molecule has 0 radical (unpaired) electrons. The molecule has 2 aliphatic rings. The van der Waals surface area contributed by atoms with E-state index in [2.05, 4.69) is 4.90 Å². The van der Waals surface area contributed by atoms with Gasteiger partial charge in [0.15, 0.2) is 0 Å². The van der Waals surface area contributed by atoms with Crippen molar-refractivity contribution in [1.82, 2.24) is 14.1 Å². The molecule has 1 aromatic rings. The lowest BCUT2D eigenvalue weighted by Gasteiger charge is -2.36. The van der Waals surface area contributed by atoms with Crippen LogP contribution in [0.15, 0.2) is 24.3 Å². The molecule has 0 atom stereocenters. The van der Waals surface area contributed by atoms with Gasteiger partial charge < -0.3 is 14.7 Å². The number of para-hydroxylation sites is 1. The van der Waals surface area contributed by atoms with Crippen molar-refractivity contribution >= 4 is 21.6 Å². The lowest BCUT2D eigenvalue weighted by atomic mass is 10.2. The normalized spacial score (nSPS) is 20.1. The van der Waals surface area contributed by atoms with E-state index in [1.54, 1.807) is 23.1 Å². The van der Waals surface area contributed by atoms with Gasteiger partial charge in [0, 0.05) is 58.8 Å². The van der Waals surface area contributed by atoms with Crippen LogP contribution in [0.4, 0.5) is 10.1 Å². The zero-order valence-corrected chi connectivity index (χ0v) is 16.5. The zero-order chi connectivity index (χ0) is 19.4. The predicted molar refractivity (Wildman–Crippen MR) is 103 cm³/mol. The van der Waals surface area contributed by atoms with E-state index in [0.717, 1.165) is 0 Å². The average molecular weight is 399 g/mol. The highest BCUT2D eigenvalue weighted by atomic mass is 32.2. The van der Waals surface area contributed by atoms with Crippen LogP contribution in [0.25, 0.3) is 0 Å². The van der Waals surface area contributed by atoms with Crippen molar-refractivity contribution in [3.8, 4) is 0 Å². The summed E-state index contributed by atoms with van der Waals surface area (Å²) in [6.45, 7) is 4.41. The van der Waals surface area contributed by atoms with E-state index in [4.69, 9.17) is 0 Å². The SMILES string of the molecule is CN1CCN(S(=O)(=O)CCC(=O)N2CCN(c3ccccc3F)CC2)CC1. The number of halogens is 1. The number of nitrogens with zero attached hydrogens (tertiary/aromatic N) is 4. The van der Waals surface area contributed by atoms with Gasteiger partial charge in [-0.05, 0) is 19.2 Å². The largest absolute Gasteiger partial charge is 0.366 e. The average Bonchev–Trinajstić information content (AvgIpc) is 2.67. The molecule has 3 rings (SSSR count). The predicted octanol–water partition coefficient (Wildman–Crippen LogP) is 0.442. The Kier molecular flexibility index (Phi) is 6.33. The summed E-state index contributed by atoms with van der Waals surface area (Å²) in [5, 5.41) is 0. The maximum Gasteiger partial charge on any atom is 0.223 e. The van der Waals surface area contributed by atoms with Crippen LogP contribution in [0.1, 0.15) is 6.42 Å².